The summed E-state index contributed by atoms with van der Waals surface area (Å²) in [6, 6.07) is 17.0. The van der Waals surface area contributed by atoms with E-state index in [9.17, 15) is 4.79 Å². The number of anilines is 1. The van der Waals surface area contributed by atoms with Gasteiger partial charge in [-0.15, -0.1) is 0 Å². The standard InChI is InChI=1S/C19H22ClNO2/c1-14(15-9-11-16(20)12-10-15)23-13-19(2,3)18(22)21-17-7-5-4-6-8-17/h4-12,14H,13H2,1-3H3,(H,21,22). The molecule has 4 heteroatoms. The lowest BCUT2D eigenvalue weighted by Gasteiger charge is -2.25. The molecule has 0 spiro atoms. The van der Waals surface area contributed by atoms with Crippen molar-refractivity contribution in [2.45, 2.75) is 26.9 Å². The summed E-state index contributed by atoms with van der Waals surface area (Å²) in [6.07, 6.45) is -0.101. The molecular weight excluding hydrogens is 310 g/mol. The third-order valence-electron chi connectivity index (χ3n) is 3.68. The molecule has 2 aromatic rings. The van der Waals surface area contributed by atoms with Gasteiger partial charge < -0.3 is 10.1 Å². The van der Waals surface area contributed by atoms with Gasteiger partial charge in [-0.25, -0.2) is 0 Å². The zero-order valence-corrected chi connectivity index (χ0v) is 14.4. The number of para-hydroxylation sites is 1. The number of rotatable bonds is 6. The lowest BCUT2D eigenvalue weighted by atomic mass is 9.93. The Morgan fingerprint density at radius 2 is 1.74 bits per heavy atom. The fourth-order valence-electron chi connectivity index (χ4n) is 2.05. The highest BCUT2D eigenvalue weighted by atomic mass is 35.5. The van der Waals surface area contributed by atoms with Gasteiger partial charge in [0.05, 0.1) is 18.1 Å². The Hall–Kier alpha value is -1.84. The van der Waals surface area contributed by atoms with E-state index < -0.39 is 5.41 Å². The molecule has 0 aliphatic heterocycles. The zero-order chi connectivity index (χ0) is 16.9. The highest BCUT2D eigenvalue weighted by Gasteiger charge is 2.29. The number of ether oxygens (including phenoxy) is 1. The molecule has 2 rings (SSSR count). The zero-order valence-electron chi connectivity index (χ0n) is 13.7. The lowest BCUT2D eigenvalue weighted by molar-refractivity contribution is -0.128. The van der Waals surface area contributed by atoms with Gasteiger partial charge in [0.1, 0.15) is 0 Å². The Kier molecular flexibility index (Phi) is 5.80. The molecule has 0 radical (unpaired) electrons. The maximum atomic E-state index is 12.4. The average Bonchev–Trinajstić information content (AvgIpc) is 2.54. The van der Waals surface area contributed by atoms with Crippen LogP contribution in [0.3, 0.4) is 0 Å². The second-order valence-electron chi connectivity index (χ2n) is 6.21. The molecule has 0 bridgehead atoms. The van der Waals surface area contributed by atoms with Gasteiger partial charge in [0.15, 0.2) is 0 Å². The highest BCUT2D eigenvalue weighted by molar-refractivity contribution is 6.30. The monoisotopic (exact) mass is 331 g/mol. The van der Waals surface area contributed by atoms with Crippen molar-refractivity contribution < 1.29 is 9.53 Å². The quantitative estimate of drug-likeness (QED) is 0.801. The molecule has 0 aliphatic rings. The van der Waals surface area contributed by atoms with E-state index in [1.54, 1.807) is 0 Å². The SMILES string of the molecule is CC(OCC(C)(C)C(=O)Nc1ccccc1)c1ccc(Cl)cc1. The molecule has 1 atom stereocenters. The van der Waals surface area contributed by atoms with Gasteiger partial charge in [0.2, 0.25) is 5.91 Å². The first-order chi connectivity index (χ1) is 10.9. The van der Waals surface area contributed by atoms with Crippen LogP contribution < -0.4 is 5.32 Å². The second kappa shape index (κ2) is 7.62. The molecule has 0 aromatic heterocycles. The summed E-state index contributed by atoms with van der Waals surface area (Å²) in [6.45, 7) is 6.05. The number of carbonyl (C=O) groups excluding carboxylic acids is 1. The Bertz CT molecular complexity index is 638. The summed E-state index contributed by atoms with van der Waals surface area (Å²) in [5, 5.41) is 3.61. The number of carbonyl (C=O) groups is 1. The van der Waals surface area contributed by atoms with E-state index in [0.717, 1.165) is 11.3 Å². The molecule has 0 fully saturated rings. The number of benzene rings is 2. The van der Waals surface area contributed by atoms with Crippen molar-refractivity contribution in [2.75, 3.05) is 11.9 Å². The number of amides is 1. The molecular formula is C19H22ClNO2. The summed E-state index contributed by atoms with van der Waals surface area (Å²) >= 11 is 5.89. The molecule has 1 N–H and O–H groups in total. The largest absolute Gasteiger partial charge is 0.373 e. The Morgan fingerprint density at radius 1 is 1.13 bits per heavy atom. The normalized spacial score (nSPS) is 12.7. The Labute approximate surface area is 142 Å². The van der Waals surface area contributed by atoms with Gasteiger partial charge in [0, 0.05) is 10.7 Å². The first-order valence-corrected chi connectivity index (χ1v) is 8.00. The summed E-state index contributed by atoms with van der Waals surface area (Å²) < 4.78 is 5.89. The molecule has 23 heavy (non-hydrogen) atoms. The minimum Gasteiger partial charge on any atom is -0.373 e. The molecule has 0 saturated heterocycles. The Balaban J connectivity index is 1.92. The number of hydrogen-bond donors (Lipinski definition) is 1. The summed E-state index contributed by atoms with van der Waals surface area (Å²) in [5.74, 6) is -0.0630. The van der Waals surface area contributed by atoms with Crippen LogP contribution in [0.25, 0.3) is 0 Å². The van der Waals surface area contributed by atoms with Gasteiger partial charge in [-0.2, -0.15) is 0 Å². The first-order valence-electron chi connectivity index (χ1n) is 7.62. The number of hydrogen-bond acceptors (Lipinski definition) is 2. The van der Waals surface area contributed by atoms with Crippen molar-refractivity contribution >= 4 is 23.2 Å². The van der Waals surface area contributed by atoms with Gasteiger partial charge >= 0.3 is 0 Å². The fourth-order valence-corrected chi connectivity index (χ4v) is 2.18. The molecule has 1 unspecified atom stereocenters. The van der Waals surface area contributed by atoms with E-state index in [4.69, 9.17) is 16.3 Å². The van der Waals surface area contributed by atoms with E-state index in [1.807, 2.05) is 75.4 Å². The molecule has 0 aliphatic carbocycles. The lowest BCUT2D eigenvalue weighted by Crippen LogP contribution is -2.35. The van der Waals surface area contributed by atoms with Gasteiger partial charge in [-0.3, -0.25) is 4.79 Å². The topological polar surface area (TPSA) is 38.3 Å². The van der Waals surface area contributed by atoms with Crippen LogP contribution in [-0.2, 0) is 9.53 Å². The summed E-state index contributed by atoms with van der Waals surface area (Å²) in [7, 11) is 0. The number of nitrogens with one attached hydrogen (secondary N) is 1. The van der Waals surface area contributed by atoms with Crippen LogP contribution in [0.4, 0.5) is 5.69 Å². The van der Waals surface area contributed by atoms with Crippen molar-refractivity contribution in [1.82, 2.24) is 0 Å². The van der Waals surface area contributed by atoms with Crippen LogP contribution in [-0.4, -0.2) is 12.5 Å². The predicted octanol–water partition coefficient (Wildman–Crippen LogP) is 5.08. The third-order valence-corrected chi connectivity index (χ3v) is 3.93. The maximum Gasteiger partial charge on any atom is 0.232 e. The minimum absolute atomic E-state index is 0.0630. The van der Waals surface area contributed by atoms with Gasteiger partial charge in [0.25, 0.3) is 0 Å². The van der Waals surface area contributed by atoms with Crippen molar-refractivity contribution in [3.63, 3.8) is 0 Å². The number of halogens is 1. The predicted molar refractivity (Wildman–Crippen MR) is 94.7 cm³/mol. The molecule has 1 amide bonds. The van der Waals surface area contributed by atoms with Crippen molar-refractivity contribution in [1.29, 1.82) is 0 Å². The van der Waals surface area contributed by atoms with Crippen LogP contribution in [0.5, 0.6) is 0 Å². The third kappa shape index (κ3) is 5.08. The molecule has 2 aromatic carbocycles. The molecule has 0 saturated carbocycles. The van der Waals surface area contributed by atoms with Gasteiger partial charge in [-0.1, -0.05) is 41.9 Å². The summed E-state index contributed by atoms with van der Waals surface area (Å²) in [4.78, 5) is 12.4. The van der Waals surface area contributed by atoms with Crippen LogP contribution in [0.15, 0.2) is 54.6 Å². The van der Waals surface area contributed by atoms with Crippen molar-refractivity contribution in [3.8, 4) is 0 Å². The van der Waals surface area contributed by atoms with E-state index >= 15 is 0 Å². The Morgan fingerprint density at radius 3 is 2.35 bits per heavy atom. The van der Waals surface area contributed by atoms with Crippen LogP contribution in [0, 0.1) is 5.41 Å². The van der Waals surface area contributed by atoms with Crippen molar-refractivity contribution in [3.05, 3.63) is 65.2 Å². The van der Waals surface area contributed by atoms with E-state index in [-0.39, 0.29) is 12.0 Å². The highest BCUT2D eigenvalue weighted by Crippen LogP contribution is 2.25. The van der Waals surface area contributed by atoms with Crippen LogP contribution >= 0.6 is 11.6 Å². The smallest absolute Gasteiger partial charge is 0.232 e. The van der Waals surface area contributed by atoms with Crippen molar-refractivity contribution in [2.24, 2.45) is 5.41 Å². The van der Waals surface area contributed by atoms with Gasteiger partial charge in [-0.05, 0) is 50.6 Å². The molecule has 0 heterocycles. The van der Waals surface area contributed by atoms with E-state index in [0.29, 0.717) is 11.6 Å². The van der Waals surface area contributed by atoms with Crippen LogP contribution in [0.1, 0.15) is 32.4 Å². The van der Waals surface area contributed by atoms with Crippen LogP contribution in [0.2, 0.25) is 5.02 Å². The maximum absolute atomic E-state index is 12.4. The summed E-state index contributed by atoms with van der Waals surface area (Å²) in [5.41, 5.74) is 1.20. The fraction of sp³-hybridized carbons (Fsp3) is 0.316. The second-order valence-corrected chi connectivity index (χ2v) is 6.65. The average molecular weight is 332 g/mol. The van der Waals surface area contributed by atoms with E-state index in [2.05, 4.69) is 5.32 Å². The molecule has 3 nitrogen and oxygen atoms in total. The van der Waals surface area contributed by atoms with E-state index in [1.165, 1.54) is 0 Å². The first kappa shape index (κ1) is 17.5. The molecule has 122 valence electrons. The minimum atomic E-state index is -0.628.